The molecule has 0 radical (unpaired) electrons. The molecule has 2 atom stereocenters. The van der Waals surface area contributed by atoms with Gasteiger partial charge in [-0.3, -0.25) is 4.79 Å². The summed E-state index contributed by atoms with van der Waals surface area (Å²) in [6.45, 7) is 4.21. The highest BCUT2D eigenvalue weighted by Crippen LogP contribution is 2.45. The fourth-order valence-electron chi connectivity index (χ4n) is 3.48. The molecule has 24 heavy (non-hydrogen) atoms. The Kier molecular flexibility index (Phi) is 3.26. The fourth-order valence-corrected chi connectivity index (χ4v) is 3.48. The molecule has 0 aliphatic carbocycles. The smallest absolute Gasteiger partial charge is 0.237 e. The van der Waals surface area contributed by atoms with Gasteiger partial charge in [-0.25, -0.2) is 4.68 Å². The summed E-state index contributed by atoms with van der Waals surface area (Å²) in [6, 6.07) is 7.77. The van der Waals surface area contributed by atoms with Gasteiger partial charge >= 0.3 is 0 Å². The van der Waals surface area contributed by atoms with Gasteiger partial charge in [-0.05, 0) is 31.9 Å². The van der Waals surface area contributed by atoms with Crippen LogP contribution in [-0.2, 0) is 27.1 Å². The first kappa shape index (κ1) is 15.3. The normalized spacial score (nSPS) is 26.0. The minimum absolute atomic E-state index is 0.00182. The van der Waals surface area contributed by atoms with Crippen molar-refractivity contribution < 1.29 is 14.6 Å². The quantitative estimate of drug-likeness (QED) is 0.883. The summed E-state index contributed by atoms with van der Waals surface area (Å²) in [5.74, 6) is 0.00182. The predicted molar refractivity (Wildman–Crippen MR) is 86.4 cm³/mol. The van der Waals surface area contributed by atoms with Gasteiger partial charge in [0.2, 0.25) is 5.91 Å². The summed E-state index contributed by atoms with van der Waals surface area (Å²) in [6.07, 6.45) is 2.20. The molecule has 0 saturated carbocycles. The number of hydrogen-bond acceptors (Lipinski definition) is 5. The SMILES string of the molecule is CC(C)(O)c1cn(CC2CC3(CO2)C(=O)Nc2ccccc23)nn1. The lowest BCUT2D eigenvalue weighted by atomic mass is 9.79. The van der Waals surface area contributed by atoms with E-state index in [1.165, 1.54) is 0 Å². The van der Waals surface area contributed by atoms with E-state index in [-0.39, 0.29) is 12.0 Å². The Labute approximate surface area is 139 Å². The number of carbonyl (C=O) groups excluding carboxylic acids is 1. The molecule has 0 bridgehead atoms. The summed E-state index contributed by atoms with van der Waals surface area (Å²) < 4.78 is 7.57. The molecule has 2 unspecified atom stereocenters. The summed E-state index contributed by atoms with van der Waals surface area (Å²) in [5, 5.41) is 21.0. The van der Waals surface area contributed by atoms with E-state index in [4.69, 9.17) is 4.74 Å². The Morgan fingerprint density at radius 1 is 1.46 bits per heavy atom. The van der Waals surface area contributed by atoms with Crippen LogP contribution in [0.1, 0.15) is 31.5 Å². The van der Waals surface area contributed by atoms with Crippen LogP contribution in [0.15, 0.2) is 30.5 Å². The average Bonchev–Trinajstić information content (AvgIpc) is 3.21. The molecule has 126 valence electrons. The first-order valence-corrected chi connectivity index (χ1v) is 8.04. The Morgan fingerprint density at radius 2 is 2.25 bits per heavy atom. The van der Waals surface area contributed by atoms with Crippen molar-refractivity contribution in [1.82, 2.24) is 15.0 Å². The minimum atomic E-state index is -1.03. The molecule has 1 fully saturated rings. The van der Waals surface area contributed by atoms with E-state index in [1.54, 1.807) is 24.7 Å². The maximum absolute atomic E-state index is 12.5. The van der Waals surface area contributed by atoms with Crippen LogP contribution in [0.5, 0.6) is 0 Å². The number of aromatic nitrogens is 3. The Balaban J connectivity index is 1.53. The number of aliphatic hydroxyl groups is 1. The summed E-state index contributed by atoms with van der Waals surface area (Å²) in [4.78, 5) is 12.5. The first-order chi connectivity index (χ1) is 11.4. The number of rotatable bonds is 3. The Bertz CT molecular complexity index is 795. The van der Waals surface area contributed by atoms with Crippen molar-refractivity contribution >= 4 is 11.6 Å². The van der Waals surface area contributed by atoms with Gasteiger partial charge in [0, 0.05) is 5.69 Å². The maximum atomic E-state index is 12.5. The molecular formula is C17H20N4O3. The molecular weight excluding hydrogens is 308 g/mol. The zero-order chi connectivity index (χ0) is 16.9. The van der Waals surface area contributed by atoms with E-state index in [2.05, 4.69) is 15.6 Å². The number of para-hydroxylation sites is 1. The van der Waals surface area contributed by atoms with Crippen molar-refractivity contribution in [3.8, 4) is 0 Å². The number of fused-ring (bicyclic) bond motifs is 2. The number of hydrogen-bond donors (Lipinski definition) is 2. The van der Waals surface area contributed by atoms with Crippen LogP contribution < -0.4 is 5.32 Å². The molecule has 4 rings (SSSR count). The van der Waals surface area contributed by atoms with E-state index >= 15 is 0 Å². The monoisotopic (exact) mass is 328 g/mol. The van der Waals surface area contributed by atoms with E-state index < -0.39 is 11.0 Å². The van der Waals surface area contributed by atoms with E-state index in [1.807, 2.05) is 24.3 Å². The van der Waals surface area contributed by atoms with Gasteiger partial charge in [0.1, 0.15) is 16.7 Å². The van der Waals surface area contributed by atoms with Crippen LogP contribution >= 0.6 is 0 Å². The Hall–Kier alpha value is -2.25. The van der Waals surface area contributed by atoms with Gasteiger partial charge in [-0.2, -0.15) is 0 Å². The van der Waals surface area contributed by atoms with Crippen LogP contribution in [0.2, 0.25) is 0 Å². The first-order valence-electron chi connectivity index (χ1n) is 8.04. The van der Waals surface area contributed by atoms with Crippen LogP contribution in [0, 0.1) is 0 Å². The van der Waals surface area contributed by atoms with Crippen molar-refractivity contribution in [2.24, 2.45) is 0 Å². The van der Waals surface area contributed by atoms with E-state index in [0.717, 1.165) is 11.3 Å². The minimum Gasteiger partial charge on any atom is -0.384 e. The molecule has 1 amide bonds. The molecule has 1 spiro atoms. The zero-order valence-corrected chi connectivity index (χ0v) is 13.7. The predicted octanol–water partition coefficient (Wildman–Crippen LogP) is 1.18. The van der Waals surface area contributed by atoms with Gasteiger partial charge in [-0.15, -0.1) is 5.10 Å². The maximum Gasteiger partial charge on any atom is 0.237 e. The molecule has 2 N–H and O–H groups in total. The van der Waals surface area contributed by atoms with Gasteiger partial charge in [0.25, 0.3) is 0 Å². The number of benzene rings is 1. The average molecular weight is 328 g/mol. The number of amides is 1. The van der Waals surface area contributed by atoms with E-state index in [9.17, 15) is 9.90 Å². The molecule has 3 heterocycles. The number of anilines is 1. The van der Waals surface area contributed by atoms with Crippen LogP contribution in [0.4, 0.5) is 5.69 Å². The number of carbonyl (C=O) groups is 1. The summed E-state index contributed by atoms with van der Waals surface area (Å²) in [7, 11) is 0. The lowest BCUT2D eigenvalue weighted by Gasteiger charge is -2.19. The largest absolute Gasteiger partial charge is 0.384 e. The molecule has 2 aliphatic rings. The molecule has 7 heteroatoms. The van der Waals surface area contributed by atoms with Crippen molar-refractivity contribution in [3.05, 3.63) is 41.7 Å². The second-order valence-corrected chi connectivity index (χ2v) is 7.10. The van der Waals surface area contributed by atoms with Gasteiger partial charge < -0.3 is 15.2 Å². The van der Waals surface area contributed by atoms with Crippen LogP contribution in [0.3, 0.4) is 0 Å². The standard InChI is InChI=1S/C17H20N4O3/c1-16(2,23)14-9-21(20-19-14)8-11-7-17(10-24-11)12-5-3-4-6-13(12)18-15(17)22/h3-6,9,11,23H,7-8,10H2,1-2H3,(H,18,22). The topological polar surface area (TPSA) is 89.3 Å². The third-order valence-corrected chi connectivity index (χ3v) is 4.82. The van der Waals surface area contributed by atoms with Crippen molar-refractivity contribution in [2.45, 2.75) is 43.9 Å². The van der Waals surface area contributed by atoms with Gasteiger partial charge in [-0.1, -0.05) is 23.4 Å². The number of nitrogens with zero attached hydrogens (tertiary/aromatic N) is 3. The highest BCUT2D eigenvalue weighted by molar-refractivity contribution is 6.06. The third kappa shape index (κ3) is 2.32. The van der Waals surface area contributed by atoms with Crippen LogP contribution in [-0.4, -0.2) is 38.7 Å². The van der Waals surface area contributed by atoms with Gasteiger partial charge in [0.15, 0.2) is 0 Å². The van der Waals surface area contributed by atoms with E-state index in [0.29, 0.717) is 25.3 Å². The van der Waals surface area contributed by atoms with Crippen molar-refractivity contribution in [1.29, 1.82) is 0 Å². The second-order valence-electron chi connectivity index (χ2n) is 7.10. The number of nitrogens with one attached hydrogen (secondary N) is 1. The lowest BCUT2D eigenvalue weighted by Crippen LogP contribution is -2.35. The molecule has 1 saturated heterocycles. The van der Waals surface area contributed by atoms with Crippen molar-refractivity contribution in [3.63, 3.8) is 0 Å². The third-order valence-electron chi connectivity index (χ3n) is 4.82. The Morgan fingerprint density at radius 3 is 3.00 bits per heavy atom. The highest BCUT2D eigenvalue weighted by Gasteiger charge is 2.52. The summed E-state index contributed by atoms with van der Waals surface area (Å²) in [5.41, 5.74) is 0.755. The molecule has 7 nitrogen and oxygen atoms in total. The van der Waals surface area contributed by atoms with Crippen LogP contribution in [0.25, 0.3) is 0 Å². The summed E-state index contributed by atoms with van der Waals surface area (Å²) >= 11 is 0. The number of ether oxygens (including phenoxy) is 1. The van der Waals surface area contributed by atoms with Crippen molar-refractivity contribution in [2.75, 3.05) is 11.9 Å². The molecule has 1 aromatic carbocycles. The zero-order valence-electron chi connectivity index (χ0n) is 13.7. The molecule has 2 aliphatic heterocycles. The highest BCUT2D eigenvalue weighted by atomic mass is 16.5. The van der Waals surface area contributed by atoms with Gasteiger partial charge in [0.05, 0.1) is 25.5 Å². The molecule has 1 aromatic heterocycles. The second kappa shape index (κ2) is 5.12. The molecule has 2 aromatic rings. The lowest BCUT2D eigenvalue weighted by molar-refractivity contribution is -0.120. The fraction of sp³-hybridized carbons (Fsp3) is 0.471.